The van der Waals surface area contributed by atoms with E-state index in [1.165, 1.54) is 11.1 Å². The lowest BCUT2D eigenvalue weighted by molar-refractivity contribution is 0.688. The van der Waals surface area contributed by atoms with Gasteiger partial charge in [-0.1, -0.05) is 57.4 Å². The van der Waals surface area contributed by atoms with E-state index < -0.39 is 0 Å². The summed E-state index contributed by atoms with van der Waals surface area (Å²) in [6.07, 6.45) is 0. The minimum atomic E-state index is 0.137. The number of halogens is 2. The monoisotopic (exact) mass is 323 g/mol. The lowest BCUT2D eigenvalue weighted by Gasteiger charge is -2.19. The van der Waals surface area contributed by atoms with Crippen LogP contribution in [-0.2, 0) is 0 Å². The lowest BCUT2D eigenvalue weighted by atomic mass is 9.97. The SMILES string of the molecule is CNC(c1cccc(C)c1)c1cc(Cl)ccc1Br. The molecule has 1 atom stereocenters. The molecule has 0 amide bonds. The number of nitrogens with one attached hydrogen (secondary N) is 1. The van der Waals surface area contributed by atoms with Crippen LogP contribution in [0.1, 0.15) is 22.7 Å². The molecule has 2 aromatic rings. The zero-order chi connectivity index (χ0) is 13.1. The fourth-order valence-electron chi connectivity index (χ4n) is 2.09. The second-order valence-corrected chi connectivity index (χ2v) is 5.59. The van der Waals surface area contributed by atoms with Gasteiger partial charge in [-0.25, -0.2) is 0 Å². The Morgan fingerprint density at radius 2 is 1.94 bits per heavy atom. The Hall–Kier alpha value is -0.830. The molecule has 0 aromatic heterocycles. The van der Waals surface area contributed by atoms with Crippen LogP contribution in [0.15, 0.2) is 46.9 Å². The molecular weight excluding hydrogens is 310 g/mol. The number of aryl methyl sites for hydroxylation is 1. The summed E-state index contributed by atoms with van der Waals surface area (Å²) >= 11 is 9.68. The van der Waals surface area contributed by atoms with Crippen LogP contribution < -0.4 is 5.32 Å². The molecule has 0 aliphatic rings. The van der Waals surface area contributed by atoms with Gasteiger partial charge < -0.3 is 5.32 Å². The third kappa shape index (κ3) is 2.94. The number of benzene rings is 2. The molecule has 0 saturated heterocycles. The quantitative estimate of drug-likeness (QED) is 0.861. The standard InChI is InChI=1S/C15H15BrClN/c1-10-4-3-5-11(8-10)15(18-2)13-9-12(17)6-7-14(13)16/h3-9,15,18H,1-2H3. The van der Waals surface area contributed by atoms with Gasteiger partial charge in [-0.2, -0.15) is 0 Å². The highest BCUT2D eigenvalue weighted by Gasteiger charge is 2.15. The van der Waals surface area contributed by atoms with Crippen molar-refractivity contribution in [2.45, 2.75) is 13.0 Å². The van der Waals surface area contributed by atoms with Gasteiger partial charge in [0, 0.05) is 9.50 Å². The van der Waals surface area contributed by atoms with E-state index >= 15 is 0 Å². The Kier molecular flexibility index (Phi) is 4.44. The fourth-order valence-corrected chi connectivity index (χ4v) is 2.74. The molecule has 94 valence electrons. The first-order chi connectivity index (χ1) is 8.61. The average molecular weight is 325 g/mol. The number of hydrogen-bond donors (Lipinski definition) is 1. The maximum absolute atomic E-state index is 6.09. The van der Waals surface area contributed by atoms with Crippen LogP contribution in [0, 0.1) is 6.92 Å². The van der Waals surface area contributed by atoms with E-state index in [0.29, 0.717) is 0 Å². The average Bonchev–Trinajstić information content (AvgIpc) is 2.35. The molecule has 3 heteroatoms. The molecule has 0 saturated carbocycles. The normalized spacial score (nSPS) is 12.4. The summed E-state index contributed by atoms with van der Waals surface area (Å²) in [5.74, 6) is 0. The van der Waals surface area contributed by atoms with Crippen molar-refractivity contribution in [1.82, 2.24) is 5.32 Å². The summed E-state index contributed by atoms with van der Waals surface area (Å²) in [5, 5.41) is 4.09. The molecule has 1 nitrogen and oxygen atoms in total. The highest BCUT2D eigenvalue weighted by molar-refractivity contribution is 9.10. The van der Waals surface area contributed by atoms with Gasteiger partial charge in [0.25, 0.3) is 0 Å². The van der Waals surface area contributed by atoms with Crippen molar-refractivity contribution in [3.63, 3.8) is 0 Å². The molecule has 18 heavy (non-hydrogen) atoms. The van der Waals surface area contributed by atoms with Gasteiger partial charge in [0.15, 0.2) is 0 Å². The molecule has 0 aliphatic carbocycles. The van der Waals surface area contributed by atoms with Crippen molar-refractivity contribution < 1.29 is 0 Å². The first kappa shape index (κ1) is 13.6. The van der Waals surface area contributed by atoms with Gasteiger partial charge in [0.1, 0.15) is 0 Å². The van der Waals surface area contributed by atoms with E-state index in [0.717, 1.165) is 15.1 Å². The highest BCUT2D eigenvalue weighted by Crippen LogP contribution is 2.30. The van der Waals surface area contributed by atoms with Crippen molar-refractivity contribution in [2.75, 3.05) is 7.05 Å². The van der Waals surface area contributed by atoms with Gasteiger partial charge in [0.05, 0.1) is 6.04 Å². The third-order valence-corrected chi connectivity index (χ3v) is 3.89. The summed E-state index contributed by atoms with van der Waals surface area (Å²) in [6.45, 7) is 2.10. The van der Waals surface area contributed by atoms with Gasteiger partial charge in [-0.15, -0.1) is 0 Å². The van der Waals surface area contributed by atoms with Crippen LogP contribution in [0.4, 0.5) is 0 Å². The zero-order valence-electron chi connectivity index (χ0n) is 10.4. The van der Waals surface area contributed by atoms with Crippen LogP contribution in [-0.4, -0.2) is 7.05 Å². The summed E-state index contributed by atoms with van der Waals surface area (Å²) in [5.41, 5.74) is 3.64. The molecule has 0 bridgehead atoms. The maximum Gasteiger partial charge on any atom is 0.0586 e. The Bertz CT molecular complexity index is 554. The Balaban J connectivity index is 2.48. The summed E-state index contributed by atoms with van der Waals surface area (Å²) in [6, 6.07) is 14.5. The fraction of sp³-hybridized carbons (Fsp3) is 0.200. The van der Waals surface area contributed by atoms with Crippen LogP contribution in [0.25, 0.3) is 0 Å². The van der Waals surface area contributed by atoms with Crippen molar-refractivity contribution in [3.05, 3.63) is 68.7 Å². The largest absolute Gasteiger partial charge is 0.309 e. The Morgan fingerprint density at radius 3 is 2.61 bits per heavy atom. The summed E-state index contributed by atoms with van der Waals surface area (Å²) in [7, 11) is 1.96. The smallest absolute Gasteiger partial charge is 0.0586 e. The van der Waals surface area contributed by atoms with Crippen LogP contribution in [0.2, 0.25) is 5.02 Å². The first-order valence-electron chi connectivity index (χ1n) is 5.80. The van der Waals surface area contributed by atoms with Gasteiger partial charge in [-0.3, -0.25) is 0 Å². The Labute approximate surface area is 121 Å². The topological polar surface area (TPSA) is 12.0 Å². The second-order valence-electron chi connectivity index (χ2n) is 4.30. The number of rotatable bonds is 3. The minimum absolute atomic E-state index is 0.137. The van der Waals surface area contributed by atoms with E-state index in [1.54, 1.807) is 0 Å². The van der Waals surface area contributed by atoms with Crippen LogP contribution in [0.3, 0.4) is 0 Å². The van der Waals surface area contributed by atoms with E-state index in [-0.39, 0.29) is 6.04 Å². The summed E-state index contributed by atoms with van der Waals surface area (Å²) < 4.78 is 1.06. The van der Waals surface area contributed by atoms with Crippen molar-refractivity contribution in [3.8, 4) is 0 Å². The molecular formula is C15H15BrClN. The van der Waals surface area contributed by atoms with Gasteiger partial charge >= 0.3 is 0 Å². The van der Waals surface area contributed by atoms with Crippen LogP contribution in [0.5, 0.6) is 0 Å². The lowest BCUT2D eigenvalue weighted by Crippen LogP contribution is -2.18. The van der Waals surface area contributed by atoms with E-state index in [1.807, 2.05) is 25.2 Å². The molecule has 0 radical (unpaired) electrons. The highest BCUT2D eigenvalue weighted by atomic mass is 79.9. The van der Waals surface area contributed by atoms with E-state index in [9.17, 15) is 0 Å². The maximum atomic E-state index is 6.09. The Morgan fingerprint density at radius 1 is 1.17 bits per heavy atom. The second kappa shape index (κ2) is 5.87. The van der Waals surface area contributed by atoms with Crippen molar-refractivity contribution >= 4 is 27.5 Å². The number of hydrogen-bond acceptors (Lipinski definition) is 1. The minimum Gasteiger partial charge on any atom is -0.309 e. The first-order valence-corrected chi connectivity index (χ1v) is 6.97. The zero-order valence-corrected chi connectivity index (χ0v) is 12.7. The summed E-state index contributed by atoms with van der Waals surface area (Å²) in [4.78, 5) is 0. The van der Waals surface area contributed by atoms with Crippen molar-refractivity contribution in [2.24, 2.45) is 0 Å². The van der Waals surface area contributed by atoms with Gasteiger partial charge in [0.2, 0.25) is 0 Å². The van der Waals surface area contributed by atoms with Gasteiger partial charge in [-0.05, 0) is 43.3 Å². The van der Waals surface area contributed by atoms with Crippen LogP contribution >= 0.6 is 27.5 Å². The van der Waals surface area contributed by atoms with E-state index in [2.05, 4.69) is 52.4 Å². The predicted octanol–water partition coefficient (Wildman–Crippen LogP) is 4.72. The molecule has 2 rings (SSSR count). The molecule has 0 aliphatic heterocycles. The van der Waals surface area contributed by atoms with Crippen molar-refractivity contribution in [1.29, 1.82) is 0 Å². The molecule has 0 fully saturated rings. The van der Waals surface area contributed by atoms with E-state index in [4.69, 9.17) is 11.6 Å². The third-order valence-electron chi connectivity index (χ3n) is 2.93. The molecule has 2 aromatic carbocycles. The molecule has 0 spiro atoms. The predicted molar refractivity (Wildman–Crippen MR) is 81.2 cm³/mol. The molecule has 1 unspecified atom stereocenters. The molecule has 0 heterocycles. The molecule has 1 N–H and O–H groups in total.